The van der Waals surface area contributed by atoms with Crippen LogP contribution in [-0.4, -0.2) is 71.7 Å². The lowest BCUT2D eigenvalue weighted by Crippen LogP contribution is -2.46. The van der Waals surface area contributed by atoms with Crippen molar-refractivity contribution in [3.8, 4) is 17.3 Å². The van der Waals surface area contributed by atoms with Gasteiger partial charge in [-0.15, -0.1) is 10.2 Å². The zero-order chi connectivity index (χ0) is 24.0. The van der Waals surface area contributed by atoms with Crippen LogP contribution in [0.5, 0.6) is 5.88 Å². The van der Waals surface area contributed by atoms with Gasteiger partial charge in [0, 0.05) is 24.7 Å². The van der Waals surface area contributed by atoms with E-state index in [9.17, 15) is 4.79 Å². The largest absolute Gasteiger partial charge is 0.481 e. The fraction of sp³-hybridized carbons (Fsp3) is 0.522. The van der Waals surface area contributed by atoms with Crippen LogP contribution in [0.25, 0.3) is 11.4 Å². The van der Waals surface area contributed by atoms with Crippen LogP contribution in [0, 0.1) is 13.8 Å². The molecular weight excluding hydrogens is 434 g/mol. The Bertz CT molecular complexity index is 1260. The van der Waals surface area contributed by atoms with E-state index in [4.69, 9.17) is 9.72 Å². The summed E-state index contributed by atoms with van der Waals surface area (Å²) in [6, 6.07) is 3.85. The molecule has 0 aromatic carbocycles. The Labute approximate surface area is 198 Å². The second kappa shape index (κ2) is 8.30. The molecular formula is C23H29N9O2. The van der Waals surface area contributed by atoms with Gasteiger partial charge in [0.1, 0.15) is 11.6 Å². The number of tetrazole rings is 1. The van der Waals surface area contributed by atoms with Crippen molar-refractivity contribution >= 4 is 11.7 Å². The highest BCUT2D eigenvalue weighted by atomic mass is 16.5. The molecule has 1 unspecified atom stereocenters. The zero-order valence-electron chi connectivity index (χ0n) is 20.2. The van der Waals surface area contributed by atoms with Crippen LogP contribution in [0.2, 0.25) is 0 Å². The molecule has 178 valence electrons. The third-order valence-corrected chi connectivity index (χ3v) is 6.82. The Morgan fingerprint density at radius 2 is 2.03 bits per heavy atom. The molecule has 11 nitrogen and oxygen atoms in total. The fourth-order valence-electron chi connectivity index (χ4n) is 4.91. The molecule has 0 saturated carbocycles. The lowest BCUT2D eigenvalue weighted by Gasteiger charge is -2.36. The first kappa shape index (κ1) is 22.2. The van der Waals surface area contributed by atoms with Crippen molar-refractivity contribution in [3.05, 3.63) is 34.9 Å². The number of carbonyl (C=O) groups is 1. The molecule has 2 aliphatic rings. The van der Waals surface area contributed by atoms with E-state index >= 15 is 0 Å². The van der Waals surface area contributed by atoms with Gasteiger partial charge in [-0.3, -0.25) is 4.79 Å². The summed E-state index contributed by atoms with van der Waals surface area (Å²) in [5.74, 6) is 2.23. The molecule has 2 atom stereocenters. The van der Waals surface area contributed by atoms with Crippen LogP contribution >= 0.6 is 0 Å². The third kappa shape index (κ3) is 3.95. The van der Waals surface area contributed by atoms with E-state index in [-0.39, 0.29) is 17.4 Å². The van der Waals surface area contributed by atoms with Gasteiger partial charge >= 0.3 is 0 Å². The van der Waals surface area contributed by atoms with Gasteiger partial charge in [0.2, 0.25) is 17.6 Å². The summed E-state index contributed by atoms with van der Waals surface area (Å²) in [6.45, 7) is 7.00. The average Bonchev–Trinajstić information content (AvgIpc) is 3.43. The Morgan fingerprint density at radius 1 is 1.21 bits per heavy atom. The first-order valence-electron chi connectivity index (χ1n) is 11.5. The van der Waals surface area contributed by atoms with Gasteiger partial charge < -0.3 is 15.0 Å². The van der Waals surface area contributed by atoms with Gasteiger partial charge in [-0.05, 0) is 56.9 Å². The number of pyridine rings is 1. The fourth-order valence-corrected chi connectivity index (χ4v) is 4.91. The summed E-state index contributed by atoms with van der Waals surface area (Å²) in [5, 5.41) is 16.1. The minimum atomic E-state index is -0.371. The number of rotatable bonds is 4. The lowest BCUT2D eigenvalue weighted by atomic mass is 9.86. The summed E-state index contributed by atoms with van der Waals surface area (Å²) >= 11 is 0. The number of hydrogen-bond donors (Lipinski definition) is 1. The molecule has 0 radical (unpaired) electrons. The van der Waals surface area contributed by atoms with Gasteiger partial charge in [-0.1, -0.05) is 0 Å². The molecule has 3 aromatic rings. The predicted octanol–water partition coefficient (Wildman–Crippen LogP) is 1.82. The molecule has 1 saturated heterocycles. The number of aromatic nitrogens is 7. The second-order valence-electron chi connectivity index (χ2n) is 9.25. The topological polar surface area (TPSA) is 124 Å². The van der Waals surface area contributed by atoms with Gasteiger partial charge in [0.05, 0.1) is 37.0 Å². The SMILES string of the molecule is COc1cc(C(C)C(=O)N2CC[C@]3(CCc4cc(-c5nnn(C)n5)c(C)nc4N3)C2)nc(C)n1. The Morgan fingerprint density at radius 3 is 2.76 bits per heavy atom. The molecule has 2 aliphatic heterocycles. The van der Waals surface area contributed by atoms with Crippen molar-refractivity contribution in [2.24, 2.45) is 7.05 Å². The van der Waals surface area contributed by atoms with Crippen molar-refractivity contribution in [1.29, 1.82) is 0 Å². The maximum absolute atomic E-state index is 13.3. The first-order valence-corrected chi connectivity index (χ1v) is 11.5. The lowest BCUT2D eigenvalue weighted by molar-refractivity contribution is -0.131. The number of hydrogen-bond acceptors (Lipinski definition) is 9. The van der Waals surface area contributed by atoms with E-state index in [1.54, 1.807) is 27.1 Å². The molecule has 1 amide bonds. The number of carbonyl (C=O) groups excluding carboxylic acids is 1. The van der Waals surface area contributed by atoms with E-state index < -0.39 is 0 Å². The molecule has 1 N–H and O–H groups in total. The van der Waals surface area contributed by atoms with E-state index in [0.717, 1.165) is 41.9 Å². The zero-order valence-corrected chi connectivity index (χ0v) is 20.2. The summed E-state index contributed by atoms with van der Waals surface area (Å²) in [4.78, 5) is 30.3. The van der Waals surface area contributed by atoms with E-state index in [2.05, 4.69) is 36.8 Å². The molecule has 1 spiro atoms. The van der Waals surface area contributed by atoms with Crippen LogP contribution < -0.4 is 10.1 Å². The van der Waals surface area contributed by atoms with Crippen LogP contribution in [0.3, 0.4) is 0 Å². The molecule has 3 aromatic heterocycles. The molecule has 34 heavy (non-hydrogen) atoms. The molecule has 5 rings (SSSR count). The Kier molecular flexibility index (Phi) is 5.41. The normalized spacial score (nSPS) is 20.2. The quantitative estimate of drug-likeness (QED) is 0.617. The molecule has 1 fully saturated rings. The number of methoxy groups -OCH3 is 1. The number of fused-ring (bicyclic) bond motifs is 1. The monoisotopic (exact) mass is 463 g/mol. The molecule has 0 bridgehead atoms. The van der Waals surface area contributed by atoms with Crippen molar-refractivity contribution in [2.45, 2.75) is 51.5 Å². The van der Waals surface area contributed by atoms with E-state index in [1.165, 1.54) is 4.80 Å². The van der Waals surface area contributed by atoms with Crippen molar-refractivity contribution in [3.63, 3.8) is 0 Å². The van der Waals surface area contributed by atoms with E-state index in [1.807, 2.05) is 18.7 Å². The standard InChI is InChI=1S/C23H29N9O2/c1-13(18-11-19(34-5)26-15(3)25-18)22(33)32-9-8-23(12-32)7-6-16-10-17(14(2)24-20(16)27-23)21-28-30-31(4)29-21/h10-11,13H,6-9,12H2,1-5H3,(H,24,27)/t13?,23-/m1/s1. The number of anilines is 1. The number of ether oxygens (including phenoxy) is 1. The summed E-state index contributed by atoms with van der Waals surface area (Å²) < 4.78 is 5.26. The van der Waals surface area contributed by atoms with Gasteiger partial charge in [-0.25, -0.2) is 9.97 Å². The van der Waals surface area contributed by atoms with Crippen molar-refractivity contribution < 1.29 is 9.53 Å². The maximum atomic E-state index is 13.3. The highest BCUT2D eigenvalue weighted by Gasteiger charge is 2.43. The molecule has 0 aliphatic carbocycles. The first-order chi connectivity index (χ1) is 16.3. The second-order valence-corrected chi connectivity index (χ2v) is 9.25. The minimum Gasteiger partial charge on any atom is -0.481 e. The molecule has 5 heterocycles. The Hall–Kier alpha value is -3.63. The predicted molar refractivity (Wildman–Crippen MR) is 124 cm³/mol. The molecule has 11 heteroatoms. The number of nitrogens with zero attached hydrogens (tertiary/aromatic N) is 8. The van der Waals surface area contributed by atoms with E-state index in [0.29, 0.717) is 36.3 Å². The van der Waals surface area contributed by atoms with Gasteiger partial charge in [-0.2, -0.15) is 9.78 Å². The third-order valence-electron chi connectivity index (χ3n) is 6.82. The van der Waals surface area contributed by atoms with Gasteiger partial charge in [0.15, 0.2) is 0 Å². The summed E-state index contributed by atoms with van der Waals surface area (Å²) in [5.41, 5.74) is 3.40. The van der Waals surface area contributed by atoms with Crippen LogP contribution in [0.15, 0.2) is 12.1 Å². The minimum absolute atomic E-state index is 0.0674. The summed E-state index contributed by atoms with van der Waals surface area (Å²) in [7, 11) is 3.32. The number of nitrogens with one attached hydrogen (secondary N) is 1. The van der Waals surface area contributed by atoms with Crippen LogP contribution in [0.4, 0.5) is 5.82 Å². The number of likely N-dealkylation sites (tertiary alicyclic amines) is 1. The average molecular weight is 464 g/mol. The maximum Gasteiger partial charge on any atom is 0.231 e. The van der Waals surface area contributed by atoms with Crippen molar-refractivity contribution in [1.82, 2.24) is 40.1 Å². The highest BCUT2D eigenvalue weighted by molar-refractivity contribution is 5.83. The van der Waals surface area contributed by atoms with Crippen LogP contribution in [-0.2, 0) is 18.3 Å². The van der Waals surface area contributed by atoms with Gasteiger partial charge in [0.25, 0.3) is 0 Å². The summed E-state index contributed by atoms with van der Waals surface area (Å²) in [6.07, 6.45) is 2.69. The number of aryl methyl sites for hydroxylation is 4. The smallest absolute Gasteiger partial charge is 0.231 e. The Balaban J connectivity index is 1.32. The van der Waals surface area contributed by atoms with Crippen molar-refractivity contribution in [2.75, 3.05) is 25.5 Å². The van der Waals surface area contributed by atoms with Crippen LogP contribution in [0.1, 0.15) is 48.5 Å². The number of amides is 1. The highest BCUT2D eigenvalue weighted by Crippen LogP contribution is 2.38.